The number of nitrogens with zero attached hydrogens (tertiary/aromatic N) is 2. The van der Waals surface area contributed by atoms with Crippen LogP contribution in [0.25, 0.3) is 0 Å². The molecule has 0 N–H and O–H groups in total. The van der Waals surface area contributed by atoms with E-state index in [1.807, 2.05) is 0 Å². The summed E-state index contributed by atoms with van der Waals surface area (Å²) in [6, 6.07) is 0. The van der Waals surface area contributed by atoms with E-state index in [0.717, 1.165) is 6.67 Å². The second-order valence-electron chi connectivity index (χ2n) is 1.80. The molecule has 1 aliphatic heterocycles. The van der Waals surface area contributed by atoms with Gasteiger partial charge in [0.25, 0.3) is 0 Å². The fourth-order valence-corrected chi connectivity index (χ4v) is 1.09. The Hall–Kier alpha value is -0.310. The highest BCUT2D eigenvalue weighted by Crippen LogP contribution is 2.11. The lowest BCUT2D eigenvalue weighted by atomic mass is 10.9. The van der Waals surface area contributed by atoms with Crippen molar-refractivity contribution in [1.29, 1.82) is 0 Å². The van der Waals surface area contributed by atoms with Crippen LogP contribution in [-0.4, -0.2) is 29.2 Å². The highest BCUT2D eigenvalue weighted by atomic mass is 32.2. The van der Waals surface area contributed by atoms with Crippen LogP contribution in [0.5, 0.6) is 0 Å². The summed E-state index contributed by atoms with van der Waals surface area (Å²) in [5, 5.41) is 0. The Bertz CT molecular complexity index is 103. The predicted molar refractivity (Wildman–Crippen MR) is 37.1 cm³/mol. The van der Waals surface area contributed by atoms with Gasteiger partial charge in [-0.25, -0.2) is 0 Å². The average Bonchev–Trinajstić information content (AvgIpc) is 2.14. The van der Waals surface area contributed by atoms with Crippen LogP contribution in [0.2, 0.25) is 0 Å². The molecule has 1 rings (SSSR count). The van der Waals surface area contributed by atoms with Crippen LogP contribution >= 0.6 is 11.9 Å². The zero-order valence-electron chi connectivity index (χ0n) is 5.16. The Morgan fingerprint density at radius 1 is 1.50 bits per heavy atom. The van der Waals surface area contributed by atoms with Crippen molar-refractivity contribution in [3.05, 3.63) is 12.4 Å². The largest absolute Gasteiger partial charge is 0.361 e. The maximum absolute atomic E-state index is 2.17. The van der Waals surface area contributed by atoms with Crippen molar-refractivity contribution in [3.8, 4) is 0 Å². The van der Waals surface area contributed by atoms with E-state index >= 15 is 0 Å². The second kappa shape index (κ2) is 2.31. The topological polar surface area (TPSA) is 6.48 Å². The van der Waals surface area contributed by atoms with Crippen molar-refractivity contribution in [3.63, 3.8) is 0 Å². The van der Waals surface area contributed by atoms with Crippen molar-refractivity contribution >= 4 is 11.9 Å². The molecule has 0 aromatic rings. The minimum atomic E-state index is 1.02. The molecule has 0 spiro atoms. The fourth-order valence-electron chi connectivity index (χ4n) is 0.621. The minimum Gasteiger partial charge on any atom is -0.361 e. The third kappa shape index (κ3) is 1.10. The van der Waals surface area contributed by atoms with E-state index in [-0.39, 0.29) is 0 Å². The quantitative estimate of drug-likeness (QED) is 0.488. The van der Waals surface area contributed by atoms with Gasteiger partial charge in [-0.05, 0) is 0 Å². The summed E-state index contributed by atoms with van der Waals surface area (Å²) in [7, 11) is 2.06. The molecule has 0 aromatic heterocycles. The van der Waals surface area contributed by atoms with E-state index < -0.39 is 0 Å². The molecule has 0 saturated carbocycles. The molecule has 8 heavy (non-hydrogen) atoms. The van der Waals surface area contributed by atoms with Gasteiger partial charge in [-0.15, -0.1) is 0 Å². The molecule has 0 aromatic carbocycles. The standard InChI is InChI=1S/C5H10N2S/c1-6-3-4-7(5-6)8-2/h3-4H,5H2,1-2H3. The Kier molecular flexibility index (Phi) is 1.68. The van der Waals surface area contributed by atoms with Crippen molar-refractivity contribution in [1.82, 2.24) is 9.21 Å². The first kappa shape index (κ1) is 5.82. The molecule has 2 nitrogen and oxygen atoms in total. The van der Waals surface area contributed by atoms with Gasteiger partial charge in [-0.1, -0.05) is 11.9 Å². The molecular weight excluding hydrogens is 120 g/mol. The lowest BCUT2D eigenvalue weighted by Gasteiger charge is -2.13. The summed E-state index contributed by atoms with van der Waals surface area (Å²) in [6.45, 7) is 1.02. The molecule has 1 heterocycles. The Morgan fingerprint density at radius 2 is 2.25 bits per heavy atom. The van der Waals surface area contributed by atoms with Gasteiger partial charge in [0.2, 0.25) is 0 Å². The molecule has 0 aliphatic carbocycles. The van der Waals surface area contributed by atoms with E-state index in [1.54, 1.807) is 11.9 Å². The normalized spacial score (nSPS) is 18.2. The van der Waals surface area contributed by atoms with Gasteiger partial charge in [0.15, 0.2) is 0 Å². The molecule has 0 bridgehead atoms. The molecule has 0 saturated heterocycles. The third-order valence-corrected chi connectivity index (χ3v) is 1.79. The van der Waals surface area contributed by atoms with E-state index in [9.17, 15) is 0 Å². The van der Waals surface area contributed by atoms with E-state index in [4.69, 9.17) is 0 Å². The van der Waals surface area contributed by atoms with Crippen molar-refractivity contribution in [2.24, 2.45) is 0 Å². The summed E-state index contributed by atoms with van der Waals surface area (Å²) < 4.78 is 2.17. The summed E-state index contributed by atoms with van der Waals surface area (Å²) in [4.78, 5) is 2.14. The van der Waals surface area contributed by atoms with E-state index in [0.29, 0.717) is 0 Å². The van der Waals surface area contributed by atoms with Gasteiger partial charge in [0, 0.05) is 25.7 Å². The SMILES string of the molecule is CSN1C=CN(C)C1. The molecule has 0 amide bonds. The molecule has 0 atom stereocenters. The summed E-state index contributed by atoms with van der Waals surface area (Å²) in [5.74, 6) is 0. The lowest BCUT2D eigenvalue weighted by molar-refractivity contribution is 0.410. The molecule has 0 unspecified atom stereocenters. The van der Waals surface area contributed by atoms with Crippen molar-refractivity contribution in [2.75, 3.05) is 20.0 Å². The van der Waals surface area contributed by atoms with Gasteiger partial charge in [-0.2, -0.15) is 0 Å². The first-order valence-electron chi connectivity index (χ1n) is 2.52. The summed E-state index contributed by atoms with van der Waals surface area (Å²) in [6.07, 6.45) is 6.21. The number of hydrogen-bond donors (Lipinski definition) is 0. The highest BCUT2D eigenvalue weighted by molar-refractivity contribution is 7.96. The number of hydrogen-bond acceptors (Lipinski definition) is 3. The highest BCUT2D eigenvalue weighted by Gasteiger charge is 2.04. The number of rotatable bonds is 1. The molecule has 0 fully saturated rings. The van der Waals surface area contributed by atoms with Gasteiger partial charge in [0.1, 0.15) is 0 Å². The summed E-state index contributed by atoms with van der Waals surface area (Å²) in [5.41, 5.74) is 0. The van der Waals surface area contributed by atoms with Crippen LogP contribution in [0.1, 0.15) is 0 Å². The van der Waals surface area contributed by atoms with Crippen LogP contribution in [0.15, 0.2) is 12.4 Å². The zero-order chi connectivity index (χ0) is 5.98. The van der Waals surface area contributed by atoms with Gasteiger partial charge >= 0.3 is 0 Å². The van der Waals surface area contributed by atoms with Gasteiger partial charge in [0.05, 0.1) is 6.67 Å². The maximum Gasteiger partial charge on any atom is 0.0996 e. The van der Waals surface area contributed by atoms with Crippen LogP contribution in [-0.2, 0) is 0 Å². The molecule has 0 radical (unpaired) electrons. The van der Waals surface area contributed by atoms with Crippen molar-refractivity contribution in [2.45, 2.75) is 0 Å². The van der Waals surface area contributed by atoms with Gasteiger partial charge in [-0.3, -0.25) is 0 Å². The van der Waals surface area contributed by atoms with Crippen LogP contribution in [0, 0.1) is 0 Å². The first-order chi connectivity index (χ1) is 3.83. The van der Waals surface area contributed by atoms with Gasteiger partial charge < -0.3 is 9.21 Å². The van der Waals surface area contributed by atoms with Crippen LogP contribution in [0.3, 0.4) is 0 Å². The Morgan fingerprint density at radius 3 is 2.50 bits per heavy atom. The minimum absolute atomic E-state index is 1.02. The maximum atomic E-state index is 2.17. The fraction of sp³-hybridized carbons (Fsp3) is 0.600. The third-order valence-electron chi connectivity index (χ3n) is 1.08. The zero-order valence-corrected chi connectivity index (χ0v) is 5.98. The molecule has 3 heteroatoms. The van der Waals surface area contributed by atoms with Crippen LogP contribution < -0.4 is 0 Å². The smallest absolute Gasteiger partial charge is 0.0996 e. The summed E-state index contributed by atoms with van der Waals surface area (Å²) >= 11 is 1.74. The molecule has 1 aliphatic rings. The van der Waals surface area contributed by atoms with Crippen LogP contribution in [0.4, 0.5) is 0 Å². The first-order valence-corrected chi connectivity index (χ1v) is 3.70. The predicted octanol–water partition coefficient (Wildman–Crippen LogP) is 0.941. The molecule has 46 valence electrons. The average molecular weight is 130 g/mol. The van der Waals surface area contributed by atoms with Crippen molar-refractivity contribution < 1.29 is 0 Å². The lowest BCUT2D eigenvalue weighted by Crippen LogP contribution is -2.15. The monoisotopic (exact) mass is 130 g/mol. The molecular formula is C5H10N2S. The Balaban J connectivity index is 2.34. The van der Waals surface area contributed by atoms with E-state index in [1.165, 1.54) is 0 Å². The van der Waals surface area contributed by atoms with E-state index in [2.05, 4.69) is 34.9 Å². The second-order valence-corrected chi connectivity index (χ2v) is 2.63. The Labute approximate surface area is 54.3 Å².